The number of hydrogen-bond acceptors (Lipinski definition) is 8. The third-order valence-electron chi connectivity index (χ3n) is 3.35. The molecule has 9 heteroatoms. The summed E-state index contributed by atoms with van der Waals surface area (Å²) in [4.78, 5) is 20.2. The lowest BCUT2D eigenvalue weighted by atomic mass is 10.3. The van der Waals surface area contributed by atoms with Crippen molar-refractivity contribution in [2.75, 3.05) is 4.90 Å². The van der Waals surface area contributed by atoms with Crippen LogP contribution in [0.15, 0.2) is 41.2 Å². The van der Waals surface area contributed by atoms with Crippen molar-refractivity contribution in [2.24, 2.45) is 0 Å². The molecule has 0 spiro atoms. The molecule has 0 unspecified atom stereocenters. The number of rotatable bonds is 5. The normalized spacial score (nSPS) is 11.2. The fraction of sp³-hybridized carbons (Fsp3) is 0.214. The molecule has 23 heavy (non-hydrogen) atoms. The molecule has 0 radical (unpaired) electrons. The Morgan fingerprint density at radius 1 is 1.30 bits per heavy atom. The van der Waals surface area contributed by atoms with Gasteiger partial charge in [-0.15, -0.1) is 11.3 Å². The van der Waals surface area contributed by atoms with Crippen molar-refractivity contribution in [3.63, 3.8) is 0 Å². The standard InChI is InChI=1S/C14H13N7OS/c1-10-2-13(21-14(19-10)16-7-18-21)20(4-11-6-22-8-17-11)5-12-3-15-9-23-12/h2-3,6-9H,4-5H2,1H3. The third-order valence-corrected chi connectivity index (χ3v) is 4.12. The van der Waals surface area contributed by atoms with E-state index in [9.17, 15) is 0 Å². The van der Waals surface area contributed by atoms with Gasteiger partial charge in [0, 0.05) is 22.8 Å². The Balaban J connectivity index is 1.77. The van der Waals surface area contributed by atoms with E-state index in [1.165, 1.54) is 12.7 Å². The number of aryl methyl sites for hydroxylation is 1. The summed E-state index contributed by atoms with van der Waals surface area (Å²) in [6, 6.07) is 1.99. The van der Waals surface area contributed by atoms with Crippen LogP contribution >= 0.6 is 11.3 Å². The molecule has 0 N–H and O–H groups in total. The summed E-state index contributed by atoms with van der Waals surface area (Å²) < 4.78 is 6.82. The van der Waals surface area contributed by atoms with Crippen LogP contribution in [0.25, 0.3) is 5.78 Å². The SMILES string of the molecule is Cc1cc(N(Cc2cocn2)Cc2cncs2)n2ncnc2n1. The molecule has 0 saturated heterocycles. The molecule has 0 amide bonds. The number of anilines is 1. The zero-order valence-corrected chi connectivity index (χ0v) is 13.1. The first-order valence-electron chi connectivity index (χ1n) is 6.96. The zero-order chi connectivity index (χ0) is 15.6. The average Bonchev–Trinajstić information content (AvgIpc) is 3.28. The highest BCUT2D eigenvalue weighted by molar-refractivity contribution is 7.09. The molecular weight excluding hydrogens is 314 g/mol. The third kappa shape index (κ3) is 2.78. The van der Waals surface area contributed by atoms with Crippen LogP contribution in [0.5, 0.6) is 0 Å². The lowest BCUT2D eigenvalue weighted by molar-refractivity contribution is 0.555. The van der Waals surface area contributed by atoms with Gasteiger partial charge in [-0.25, -0.2) is 9.97 Å². The summed E-state index contributed by atoms with van der Waals surface area (Å²) in [6.45, 7) is 3.22. The Morgan fingerprint density at radius 2 is 2.26 bits per heavy atom. The number of thiazole rings is 1. The molecule has 0 atom stereocenters. The summed E-state index contributed by atoms with van der Waals surface area (Å²) >= 11 is 1.61. The predicted molar refractivity (Wildman–Crippen MR) is 84.0 cm³/mol. The monoisotopic (exact) mass is 327 g/mol. The Bertz CT molecular complexity index is 864. The van der Waals surface area contributed by atoms with Crippen LogP contribution in [0.1, 0.15) is 16.3 Å². The van der Waals surface area contributed by atoms with Gasteiger partial charge in [-0.05, 0) is 6.92 Å². The zero-order valence-electron chi connectivity index (χ0n) is 12.3. The van der Waals surface area contributed by atoms with Crippen LogP contribution in [-0.2, 0) is 13.1 Å². The summed E-state index contributed by atoms with van der Waals surface area (Å²) in [6.07, 6.45) is 6.45. The van der Waals surface area contributed by atoms with Crippen molar-refractivity contribution in [2.45, 2.75) is 20.0 Å². The maximum atomic E-state index is 5.09. The first kappa shape index (κ1) is 13.8. The van der Waals surface area contributed by atoms with Crippen molar-refractivity contribution < 1.29 is 4.42 Å². The van der Waals surface area contributed by atoms with Crippen molar-refractivity contribution in [3.05, 3.63) is 53.0 Å². The largest absolute Gasteiger partial charge is 0.451 e. The van der Waals surface area contributed by atoms with Gasteiger partial charge in [0.25, 0.3) is 5.78 Å². The predicted octanol–water partition coefficient (Wildman–Crippen LogP) is 2.08. The van der Waals surface area contributed by atoms with E-state index in [1.54, 1.807) is 22.1 Å². The van der Waals surface area contributed by atoms with Crippen LogP contribution in [0.3, 0.4) is 0 Å². The number of hydrogen-bond donors (Lipinski definition) is 0. The fourth-order valence-electron chi connectivity index (χ4n) is 2.37. The first-order chi connectivity index (χ1) is 11.3. The van der Waals surface area contributed by atoms with Crippen LogP contribution < -0.4 is 4.90 Å². The molecule has 4 aromatic heterocycles. The van der Waals surface area contributed by atoms with E-state index in [-0.39, 0.29) is 0 Å². The lowest BCUT2D eigenvalue weighted by Gasteiger charge is -2.23. The molecule has 8 nitrogen and oxygen atoms in total. The molecule has 0 aliphatic heterocycles. The lowest BCUT2D eigenvalue weighted by Crippen LogP contribution is -2.25. The summed E-state index contributed by atoms with van der Waals surface area (Å²) in [5.74, 6) is 1.48. The highest BCUT2D eigenvalue weighted by atomic mass is 32.1. The van der Waals surface area contributed by atoms with E-state index in [0.717, 1.165) is 22.1 Å². The van der Waals surface area contributed by atoms with Crippen molar-refractivity contribution in [1.29, 1.82) is 0 Å². The van der Waals surface area contributed by atoms with E-state index >= 15 is 0 Å². The maximum absolute atomic E-state index is 5.09. The van der Waals surface area contributed by atoms with Gasteiger partial charge in [0.15, 0.2) is 6.39 Å². The van der Waals surface area contributed by atoms with Gasteiger partial charge in [0.05, 0.1) is 24.3 Å². The molecule has 0 aromatic carbocycles. The molecule has 0 bridgehead atoms. The second-order valence-electron chi connectivity index (χ2n) is 5.03. The summed E-state index contributed by atoms with van der Waals surface area (Å²) in [5.41, 5.74) is 3.55. The van der Waals surface area contributed by atoms with Gasteiger partial charge >= 0.3 is 0 Å². The topological polar surface area (TPSA) is 85.2 Å². The minimum atomic E-state index is 0.578. The molecule has 0 aliphatic rings. The first-order valence-corrected chi connectivity index (χ1v) is 7.84. The molecule has 0 fully saturated rings. The van der Waals surface area contributed by atoms with Crippen LogP contribution in [-0.4, -0.2) is 29.5 Å². The molecule has 4 heterocycles. The molecule has 0 saturated carbocycles. The van der Waals surface area contributed by atoms with E-state index in [2.05, 4.69) is 29.9 Å². The van der Waals surface area contributed by atoms with Crippen LogP contribution in [0.4, 0.5) is 5.82 Å². The molecular formula is C14H13N7OS. The second kappa shape index (κ2) is 5.76. The number of fused-ring (bicyclic) bond motifs is 1. The van der Waals surface area contributed by atoms with Gasteiger partial charge in [-0.3, -0.25) is 4.98 Å². The average molecular weight is 327 g/mol. The van der Waals surface area contributed by atoms with Gasteiger partial charge in [0.1, 0.15) is 18.4 Å². The van der Waals surface area contributed by atoms with Crippen LogP contribution in [0, 0.1) is 6.92 Å². The van der Waals surface area contributed by atoms with E-state index in [0.29, 0.717) is 18.9 Å². The molecule has 0 aliphatic carbocycles. The minimum Gasteiger partial charge on any atom is -0.451 e. The highest BCUT2D eigenvalue weighted by Crippen LogP contribution is 2.22. The Hall–Kier alpha value is -2.81. The van der Waals surface area contributed by atoms with Gasteiger partial charge < -0.3 is 9.32 Å². The van der Waals surface area contributed by atoms with Gasteiger partial charge in [0.2, 0.25) is 0 Å². The number of oxazole rings is 1. The highest BCUT2D eigenvalue weighted by Gasteiger charge is 2.16. The van der Waals surface area contributed by atoms with Gasteiger partial charge in [-0.1, -0.05) is 0 Å². The summed E-state index contributed by atoms with van der Waals surface area (Å²) in [5, 5.41) is 4.28. The van der Waals surface area contributed by atoms with E-state index in [1.807, 2.05) is 24.7 Å². The van der Waals surface area contributed by atoms with Crippen molar-refractivity contribution in [3.8, 4) is 0 Å². The molecule has 116 valence electrons. The summed E-state index contributed by atoms with van der Waals surface area (Å²) in [7, 11) is 0. The number of nitrogens with zero attached hydrogens (tertiary/aromatic N) is 7. The minimum absolute atomic E-state index is 0.578. The van der Waals surface area contributed by atoms with Crippen molar-refractivity contribution in [1.82, 2.24) is 29.5 Å². The smallest absolute Gasteiger partial charge is 0.254 e. The van der Waals surface area contributed by atoms with E-state index < -0.39 is 0 Å². The van der Waals surface area contributed by atoms with Crippen LogP contribution in [0.2, 0.25) is 0 Å². The number of aromatic nitrogens is 6. The Morgan fingerprint density at radius 3 is 3.04 bits per heavy atom. The second-order valence-corrected chi connectivity index (χ2v) is 6.00. The maximum Gasteiger partial charge on any atom is 0.254 e. The molecule has 4 aromatic rings. The fourth-order valence-corrected chi connectivity index (χ4v) is 2.98. The van der Waals surface area contributed by atoms with Crippen molar-refractivity contribution >= 4 is 22.9 Å². The van der Waals surface area contributed by atoms with E-state index in [4.69, 9.17) is 4.42 Å². The Kier molecular flexibility index (Phi) is 3.46. The van der Waals surface area contributed by atoms with Gasteiger partial charge in [-0.2, -0.15) is 14.6 Å². The quantitative estimate of drug-likeness (QED) is 0.555. The Labute approximate surface area is 135 Å². The molecule has 4 rings (SSSR count).